The fraction of sp³-hybridized carbons (Fsp3) is 0.899. The van der Waals surface area contributed by atoms with Crippen molar-refractivity contribution in [3.63, 3.8) is 0 Å². The molecule has 0 aromatic rings. The zero-order valence-corrected chi connectivity index (χ0v) is 57.6. The Bertz CT molecular complexity index is 1380. The summed E-state index contributed by atoms with van der Waals surface area (Å²) in [7, 11) is 0. The average Bonchev–Trinajstić information content (AvgIpc) is 3.51. The van der Waals surface area contributed by atoms with Crippen LogP contribution in [0, 0.1) is 0 Å². The lowest BCUT2D eigenvalue weighted by Crippen LogP contribution is -2.45. The molecule has 6 nitrogen and oxygen atoms in total. The lowest BCUT2D eigenvalue weighted by Gasteiger charge is -2.22. The SMILES string of the molecule is CCC/C=C\C/C=C\CCCCCCCC(=O)OCCCCCCCCCCCCCC/C=C\CCCCCCCCCCCCCCCCCC(=O)NC(CO)C(O)CCCCCCCCCCCCCCCCCCCCCCCCCC. The molecule has 0 radical (unpaired) electrons. The molecular formula is C79H151NO5. The van der Waals surface area contributed by atoms with Crippen LogP contribution in [0.4, 0.5) is 0 Å². The number of ether oxygens (including phenoxy) is 1. The van der Waals surface area contributed by atoms with Crippen molar-refractivity contribution < 1.29 is 24.5 Å². The molecule has 6 heteroatoms. The summed E-state index contributed by atoms with van der Waals surface area (Å²) in [6.07, 6.45) is 96.6. The summed E-state index contributed by atoms with van der Waals surface area (Å²) < 4.78 is 5.48. The van der Waals surface area contributed by atoms with E-state index >= 15 is 0 Å². The van der Waals surface area contributed by atoms with Gasteiger partial charge in [-0.25, -0.2) is 0 Å². The second-order valence-electron chi connectivity index (χ2n) is 26.7. The topological polar surface area (TPSA) is 95.9 Å². The molecule has 3 N–H and O–H groups in total. The molecule has 502 valence electrons. The van der Waals surface area contributed by atoms with Gasteiger partial charge in [0.2, 0.25) is 5.91 Å². The summed E-state index contributed by atoms with van der Waals surface area (Å²) in [5, 5.41) is 23.5. The van der Waals surface area contributed by atoms with Crippen molar-refractivity contribution in [3.8, 4) is 0 Å². The van der Waals surface area contributed by atoms with Crippen LogP contribution < -0.4 is 5.32 Å². The molecule has 0 aromatic heterocycles. The first kappa shape index (κ1) is 83.1. The summed E-state index contributed by atoms with van der Waals surface area (Å²) in [4.78, 5) is 24.6. The van der Waals surface area contributed by atoms with E-state index in [2.05, 4.69) is 55.6 Å². The Morgan fingerprint density at radius 1 is 0.329 bits per heavy atom. The number of rotatable bonds is 73. The van der Waals surface area contributed by atoms with Gasteiger partial charge in [0.15, 0.2) is 0 Å². The minimum absolute atomic E-state index is 0.00288. The monoisotopic (exact) mass is 1190 g/mol. The van der Waals surface area contributed by atoms with Gasteiger partial charge in [-0.2, -0.15) is 0 Å². The Morgan fingerprint density at radius 2 is 0.612 bits per heavy atom. The first-order valence-electron chi connectivity index (χ1n) is 38.7. The molecule has 0 bridgehead atoms. The molecule has 0 fully saturated rings. The first-order chi connectivity index (χ1) is 42.0. The maximum atomic E-state index is 12.6. The summed E-state index contributed by atoms with van der Waals surface area (Å²) in [6, 6.07) is -0.542. The number of unbranched alkanes of at least 4 members (excludes halogenated alkanes) is 56. The normalized spacial score (nSPS) is 12.7. The van der Waals surface area contributed by atoms with Gasteiger partial charge < -0.3 is 20.3 Å². The molecule has 85 heavy (non-hydrogen) atoms. The average molecular weight is 1200 g/mol. The Kier molecular flexibility index (Phi) is 72.9. The first-order valence-corrected chi connectivity index (χ1v) is 38.7. The van der Waals surface area contributed by atoms with Gasteiger partial charge in [0.25, 0.3) is 0 Å². The highest BCUT2D eigenvalue weighted by molar-refractivity contribution is 5.76. The molecular weight excluding hydrogens is 1040 g/mol. The van der Waals surface area contributed by atoms with E-state index in [0.29, 0.717) is 25.9 Å². The number of nitrogens with one attached hydrogen (secondary N) is 1. The van der Waals surface area contributed by atoms with Crippen molar-refractivity contribution in [2.24, 2.45) is 0 Å². The molecule has 0 saturated heterocycles. The van der Waals surface area contributed by atoms with Gasteiger partial charge in [0.1, 0.15) is 0 Å². The van der Waals surface area contributed by atoms with E-state index in [-0.39, 0.29) is 18.5 Å². The molecule has 2 atom stereocenters. The second-order valence-corrected chi connectivity index (χ2v) is 26.7. The van der Waals surface area contributed by atoms with E-state index in [0.717, 1.165) is 51.4 Å². The third-order valence-electron chi connectivity index (χ3n) is 18.1. The van der Waals surface area contributed by atoms with E-state index in [9.17, 15) is 19.8 Å². The molecule has 0 saturated carbocycles. The highest BCUT2D eigenvalue weighted by Gasteiger charge is 2.20. The number of aliphatic hydroxyl groups is 2. The fourth-order valence-electron chi connectivity index (χ4n) is 12.3. The third kappa shape index (κ3) is 71.0. The molecule has 0 aliphatic carbocycles. The van der Waals surface area contributed by atoms with Gasteiger partial charge in [-0.05, 0) is 77.0 Å². The van der Waals surface area contributed by atoms with E-state index < -0.39 is 12.1 Å². The van der Waals surface area contributed by atoms with E-state index in [4.69, 9.17) is 4.74 Å². The molecule has 2 unspecified atom stereocenters. The van der Waals surface area contributed by atoms with Crippen LogP contribution in [0.15, 0.2) is 36.5 Å². The molecule has 0 heterocycles. The summed E-state index contributed by atoms with van der Waals surface area (Å²) >= 11 is 0. The van der Waals surface area contributed by atoms with Crippen molar-refractivity contribution in [3.05, 3.63) is 36.5 Å². The predicted molar refractivity (Wildman–Crippen MR) is 375 cm³/mol. The van der Waals surface area contributed by atoms with Crippen LogP contribution in [0.3, 0.4) is 0 Å². The molecule has 1 amide bonds. The Labute approximate surface area is 532 Å². The van der Waals surface area contributed by atoms with Crippen LogP contribution in [-0.2, 0) is 14.3 Å². The number of hydrogen-bond donors (Lipinski definition) is 3. The Hall–Kier alpha value is -1.92. The van der Waals surface area contributed by atoms with Crippen molar-refractivity contribution in [1.82, 2.24) is 5.32 Å². The van der Waals surface area contributed by atoms with Crippen LogP contribution in [-0.4, -0.2) is 47.4 Å². The smallest absolute Gasteiger partial charge is 0.305 e. The second kappa shape index (κ2) is 74.5. The summed E-state index contributed by atoms with van der Waals surface area (Å²) in [5.41, 5.74) is 0. The number of esters is 1. The Morgan fingerprint density at radius 3 is 0.953 bits per heavy atom. The number of allylic oxidation sites excluding steroid dienone is 6. The lowest BCUT2D eigenvalue weighted by molar-refractivity contribution is -0.143. The minimum Gasteiger partial charge on any atom is -0.466 e. The zero-order chi connectivity index (χ0) is 61.3. The number of aliphatic hydroxyl groups excluding tert-OH is 2. The van der Waals surface area contributed by atoms with Crippen LogP contribution in [0.25, 0.3) is 0 Å². The Balaban J connectivity index is 3.37. The van der Waals surface area contributed by atoms with Crippen molar-refractivity contribution >= 4 is 11.9 Å². The van der Waals surface area contributed by atoms with Gasteiger partial charge in [0.05, 0.1) is 25.4 Å². The molecule has 0 aliphatic heterocycles. The largest absolute Gasteiger partial charge is 0.466 e. The number of carbonyl (C=O) groups is 2. The number of amides is 1. The zero-order valence-electron chi connectivity index (χ0n) is 57.6. The van der Waals surface area contributed by atoms with Crippen LogP contribution in [0.5, 0.6) is 0 Å². The van der Waals surface area contributed by atoms with Gasteiger partial charge in [0, 0.05) is 12.8 Å². The van der Waals surface area contributed by atoms with Crippen LogP contribution in [0.2, 0.25) is 0 Å². The highest BCUT2D eigenvalue weighted by atomic mass is 16.5. The lowest BCUT2D eigenvalue weighted by atomic mass is 10.0. The van der Waals surface area contributed by atoms with E-state index in [1.807, 2.05) is 0 Å². The minimum atomic E-state index is -0.665. The van der Waals surface area contributed by atoms with Gasteiger partial charge >= 0.3 is 5.97 Å². The van der Waals surface area contributed by atoms with Gasteiger partial charge in [-0.1, -0.05) is 378 Å². The quantitative estimate of drug-likeness (QED) is 0.0320. The third-order valence-corrected chi connectivity index (χ3v) is 18.1. The maximum absolute atomic E-state index is 12.6. The summed E-state index contributed by atoms with van der Waals surface area (Å²) in [6.45, 7) is 4.93. The summed E-state index contributed by atoms with van der Waals surface area (Å²) in [5.74, 6) is -0.0248. The highest BCUT2D eigenvalue weighted by Crippen LogP contribution is 2.20. The standard InChI is InChI=1S/C79H151NO5/c1-3-5-7-9-11-13-15-17-18-19-20-21-22-32-35-38-41-44-48-51-55-59-63-67-71-77(82)76(75-81)80-78(83)72-68-64-60-56-52-49-45-42-39-36-33-30-28-26-24-23-25-27-29-31-34-37-40-43-46-50-54-58-62-66-70-74-85-79(84)73-69-65-61-57-53-47-16-14-12-10-8-6-4-2/h8,10,14,16,25,27,76-77,81-82H,3-7,9,11-13,15,17-24,26,28-75H2,1-2H3,(H,80,83)/b10-8-,16-14-,27-25-. The van der Waals surface area contributed by atoms with E-state index in [1.165, 1.54) is 347 Å². The molecule has 0 spiro atoms. The predicted octanol–water partition coefficient (Wildman–Crippen LogP) is 25.4. The van der Waals surface area contributed by atoms with Crippen LogP contribution >= 0.6 is 0 Å². The van der Waals surface area contributed by atoms with Gasteiger partial charge in [-0.3, -0.25) is 9.59 Å². The van der Waals surface area contributed by atoms with Crippen molar-refractivity contribution in [2.75, 3.05) is 13.2 Å². The van der Waals surface area contributed by atoms with E-state index in [1.54, 1.807) is 0 Å². The molecule has 0 aliphatic rings. The van der Waals surface area contributed by atoms with Crippen LogP contribution in [0.1, 0.15) is 431 Å². The van der Waals surface area contributed by atoms with Gasteiger partial charge in [-0.15, -0.1) is 0 Å². The molecule has 0 aromatic carbocycles. The number of carbonyl (C=O) groups excluding carboxylic acids is 2. The molecule has 0 rings (SSSR count). The maximum Gasteiger partial charge on any atom is 0.305 e. The fourth-order valence-corrected chi connectivity index (χ4v) is 12.3. The number of hydrogen-bond acceptors (Lipinski definition) is 5. The van der Waals surface area contributed by atoms with Crippen molar-refractivity contribution in [2.45, 2.75) is 443 Å². The van der Waals surface area contributed by atoms with Crippen molar-refractivity contribution in [1.29, 1.82) is 0 Å².